The standard InChI is InChI=1S/C33H33O9S/c34-31-28(4-1-19-37-31)40-22-7-13-25(14-8-22)43(26-15-9-23(10-16-26)41-29-5-2-20-38-32(29)35)27-17-11-24(12-18-27)42-30-6-3-21-39-33(30)36/h7-18,28-30H,1-6,19-21H2/q+1. The van der Waals surface area contributed by atoms with Crippen LogP contribution in [0.3, 0.4) is 0 Å². The Bertz CT molecular complexity index is 1250. The third-order valence-corrected chi connectivity index (χ3v) is 9.60. The van der Waals surface area contributed by atoms with Crippen LogP contribution in [0.5, 0.6) is 17.2 Å². The van der Waals surface area contributed by atoms with Crippen LogP contribution >= 0.6 is 0 Å². The molecule has 3 fully saturated rings. The van der Waals surface area contributed by atoms with Crippen molar-refractivity contribution in [3.8, 4) is 17.2 Å². The Labute approximate surface area is 252 Å². The predicted octanol–water partition coefficient (Wildman–Crippen LogP) is 5.04. The summed E-state index contributed by atoms with van der Waals surface area (Å²) in [5, 5.41) is 0. The van der Waals surface area contributed by atoms with Crippen molar-refractivity contribution in [3.05, 3.63) is 72.8 Å². The zero-order valence-electron chi connectivity index (χ0n) is 23.6. The molecule has 10 heteroatoms. The molecule has 0 radical (unpaired) electrons. The average Bonchev–Trinajstić information content (AvgIpc) is 3.03. The summed E-state index contributed by atoms with van der Waals surface area (Å²) < 4.78 is 33.2. The maximum atomic E-state index is 12.1. The fraction of sp³-hybridized carbons (Fsp3) is 0.364. The molecule has 3 saturated heterocycles. The lowest BCUT2D eigenvalue weighted by Crippen LogP contribution is -2.33. The fourth-order valence-corrected chi connectivity index (χ4v) is 7.18. The second-order valence-electron chi connectivity index (χ2n) is 10.5. The molecule has 0 bridgehead atoms. The highest BCUT2D eigenvalue weighted by atomic mass is 32.2. The third-order valence-electron chi connectivity index (χ3n) is 7.37. The van der Waals surface area contributed by atoms with Gasteiger partial charge < -0.3 is 28.4 Å². The van der Waals surface area contributed by atoms with Crippen LogP contribution in [0.15, 0.2) is 87.5 Å². The molecule has 3 aromatic carbocycles. The van der Waals surface area contributed by atoms with Gasteiger partial charge in [0.2, 0.25) is 0 Å². The Hall–Kier alpha value is -4.18. The van der Waals surface area contributed by atoms with E-state index in [0.717, 1.165) is 33.9 Å². The van der Waals surface area contributed by atoms with Gasteiger partial charge in [0.15, 0.2) is 33.0 Å². The minimum Gasteiger partial charge on any atom is -0.479 e. The summed E-state index contributed by atoms with van der Waals surface area (Å²) in [5.41, 5.74) is 0. The SMILES string of the molecule is O=C1OCCCC1Oc1ccc([S+](c2ccc(OC3CCCOC3=O)cc2)c2ccc(OC3CCCOC3=O)cc2)cc1. The Morgan fingerprint density at radius 2 is 0.744 bits per heavy atom. The van der Waals surface area contributed by atoms with Crippen molar-refractivity contribution in [2.45, 2.75) is 71.5 Å². The van der Waals surface area contributed by atoms with E-state index in [1.165, 1.54) is 0 Å². The molecule has 3 heterocycles. The Kier molecular flexibility index (Phi) is 9.02. The van der Waals surface area contributed by atoms with Gasteiger partial charge in [0, 0.05) is 0 Å². The summed E-state index contributed by atoms with van der Waals surface area (Å²) in [6, 6.07) is 23.2. The molecule has 224 valence electrons. The van der Waals surface area contributed by atoms with Gasteiger partial charge in [0.05, 0.1) is 30.7 Å². The average molecular weight is 606 g/mol. The van der Waals surface area contributed by atoms with Crippen molar-refractivity contribution in [2.24, 2.45) is 0 Å². The summed E-state index contributed by atoms with van der Waals surface area (Å²) in [5.74, 6) is 0.806. The van der Waals surface area contributed by atoms with Crippen LogP contribution in [-0.2, 0) is 39.5 Å². The smallest absolute Gasteiger partial charge is 0.347 e. The topological polar surface area (TPSA) is 107 Å². The van der Waals surface area contributed by atoms with Crippen LogP contribution in [0.25, 0.3) is 0 Å². The maximum Gasteiger partial charge on any atom is 0.347 e. The van der Waals surface area contributed by atoms with Gasteiger partial charge in [-0.25, -0.2) is 14.4 Å². The Balaban J connectivity index is 1.24. The summed E-state index contributed by atoms with van der Waals surface area (Å²) >= 11 is 0. The van der Waals surface area contributed by atoms with Crippen LogP contribution in [-0.4, -0.2) is 56.0 Å². The molecular formula is C33H33O9S+. The van der Waals surface area contributed by atoms with Crippen molar-refractivity contribution < 1.29 is 42.8 Å². The molecule has 0 spiro atoms. The summed E-state index contributed by atoms with van der Waals surface area (Å²) in [6.07, 6.45) is 2.44. The first-order valence-corrected chi connectivity index (χ1v) is 15.8. The minimum absolute atomic E-state index is 0.331. The van der Waals surface area contributed by atoms with Gasteiger partial charge in [-0.1, -0.05) is 0 Å². The van der Waals surface area contributed by atoms with Crippen molar-refractivity contribution in [2.75, 3.05) is 19.8 Å². The molecule has 0 saturated carbocycles. The molecule has 3 aliphatic heterocycles. The van der Waals surface area contributed by atoms with Crippen molar-refractivity contribution >= 4 is 28.8 Å². The monoisotopic (exact) mass is 605 g/mol. The van der Waals surface area contributed by atoms with E-state index in [0.29, 0.717) is 56.3 Å². The lowest BCUT2D eigenvalue weighted by molar-refractivity contribution is -0.157. The van der Waals surface area contributed by atoms with Gasteiger partial charge in [-0.05, 0) is 111 Å². The van der Waals surface area contributed by atoms with Crippen LogP contribution in [0.4, 0.5) is 0 Å². The summed E-state index contributed by atoms with van der Waals surface area (Å²) in [4.78, 5) is 39.3. The van der Waals surface area contributed by atoms with E-state index in [1.807, 2.05) is 72.8 Å². The van der Waals surface area contributed by atoms with E-state index >= 15 is 0 Å². The van der Waals surface area contributed by atoms with E-state index in [1.54, 1.807) is 0 Å². The predicted molar refractivity (Wildman–Crippen MR) is 155 cm³/mol. The number of hydrogen-bond acceptors (Lipinski definition) is 9. The zero-order valence-corrected chi connectivity index (χ0v) is 24.4. The van der Waals surface area contributed by atoms with Crippen molar-refractivity contribution in [1.29, 1.82) is 0 Å². The number of cyclic esters (lactones) is 3. The number of hydrogen-bond donors (Lipinski definition) is 0. The molecule has 3 aromatic rings. The van der Waals surface area contributed by atoms with Gasteiger partial charge >= 0.3 is 17.9 Å². The first-order valence-electron chi connectivity index (χ1n) is 14.6. The highest BCUT2D eigenvalue weighted by Gasteiger charge is 2.32. The number of carbonyl (C=O) groups excluding carboxylic acids is 3. The molecule has 9 nitrogen and oxygen atoms in total. The molecule has 3 aliphatic rings. The fourth-order valence-electron chi connectivity index (χ4n) is 5.14. The molecule has 43 heavy (non-hydrogen) atoms. The molecule has 0 aliphatic carbocycles. The first kappa shape index (κ1) is 28.9. The highest BCUT2D eigenvalue weighted by Crippen LogP contribution is 2.35. The van der Waals surface area contributed by atoms with Crippen molar-refractivity contribution in [3.63, 3.8) is 0 Å². The number of benzene rings is 3. The molecule has 3 atom stereocenters. The van der Waals surface area contributed by atoms with Gasteiger partial charge in [-0.2, -0.15) is 0 Å². The number of esters is 3. The molecule has 0 amide bonds. The van der Waals surface area contributed by atoms with E-state index in [9.17, 15) is 14.4 Å². The third kappa shape index (κ3) is 7.07. The van der Waals surface area contributed by atoms with Crippen LogP contribution < -0.4 is 14.2 Å². The Morgan fingerprint density at radius 1 is 0.465 bits per heavy atom. The minimum atomic E-state index is -0.596. The maximum absolute atomic E-state index is 12.1. The van der Waals surface area contributed by atoms with Gasteiger partial charge in [-0.15, -0.1) is 0 Å². The lowest BCUT2D eigenvalue weighted by Gasteiger charge is -2.22. The quantitative estimate of drug-likeness (QED) is 0.189. The number of rotatable bonds is 9. The normalized spacial score (nSPS) is 22.9. The van der Waals surface area contributed by atoms with Crippen molar-refractivity contribution in [1.82, 2.24) is 0 Å². The highest BCUT2D eigenvalue weighted by molar-refractivity contribution is 7.97. The number of carbonyl (C=O) groups is 3. The largest absolute Gasteiger partial charge is 0.479 e. The molecule has 0 aromatic heterocycles. The molecule has 3 unspecified atom stereocenters. The first-order chi connectivity index (χ1) is 21.0. The van der Waals surface area contributed by atoms with Gasteiger partial charge in [0.1, 0.15) is 17.2 Å². The second kappa shape index (κ2) is 13.4. The van der Waals surface area contributed by atoms with E-state index in [2.05, 4.69) is 0 Å². The van der Waals surface area contributed by atoms with Crippen LogP contribution in [0.1, 0.15) is 38.5 Å². The Morgan fingerprint density at radius 3 is 1.00 bits per heavy atom. The molecular weight excluding hydrogens is 572 g/mol. The van der Waals surface area contributed by atoms with Gasteiger partial charge in [-0.3, -0.25) is 0 Å². The van der Waals surface area contributed by atoms with E-state index in [-0.39, 0.29) is 17.9 Å². The second-order valence-corrected chi connectivity index (χ2v) is 12.5. The zero-order chi connectivity index (χ0) is 29.6. The van der Waals surface area contributed by atoms with E-state index in [4.69, 9.17) is 28.4 Å². The summed E-state index contributed by atoms with van der Waals surface area (Å²) in [6.45, 7) is 1.30. The number of ether oxygens (including phenoxy) is 6. The van der Waals surface area contributed by atoms with Gasteiger partial charge in [0.25, 0.3) is 0 Å². The summed E-state index contributed by atoms with van der Waals surface area (Å²) in [7, 11) is -0.522. The molecule has 6 rings (SSSR count). The van der Waals surface area contributed by atoms with Crippen LogP contribution in [0, 0.1) is 0 Å². The molecule has 0 N–H and O–H groups in total. The lowest BCUT2D eigenvalue weighted by atomic mass is 10.1. The van der Waals surface area contributed by atoms with Crippen LogP contribution in [0.2, 0.25) is 0 Å². The van der Waals surface area contributed by atoms with E-state index < -0.39 is 29.2 Å².